The Morgan fingerprint density at radius 3 is 2.61 bits per heavy atom. The van der Waals surface area contributed by atoms with Crippen LogP contribution in [0.4, 0.5) is 16.8 Å². The number of aliphatic hydroxyl groups excluding tert-OH is 1. The third-order valence-electron chi connectivity index (χ3n) is 6.24. The van der Waals surface area contributed by atoms with Gasteiger partial charge in [0.05, 0.1) is 18.3 Å². The summed E-state index contributed by atoms with van der Waals surface area (Å²) in [5, 5.41) is 17.7. The lowest BCUT2D eigenvalue weighted by molar-refractivity contribution is -0.0704. The van der Waals surface area contributed by atoms with E-state index in [1.165, 1.54) is 16.9 Å². The van der Waals surface area contributed by atoms with Crippen molar-refractivity contribution in [3.63, 3.8) is 0 Å². The largest absolute Gasteiger partial charge is 0.393 e. The number of aromatic nitrogens is 3. The van der Waals surface area contributed by atoms with Crippen molar-refractivity contribution in [1.29, 1.82) is 0 Å². The molecule has 3 aromatic heterocycles. The van der Waals surface area contributed by atoms with Gasteiger partial charge < -0.3 is 20.5 Å². The Balaban J connectivity index is 1.38. The molecule has 2 atom stereocenters. The molecule has 2 aliphatic rings. The molecule has 1 aliphatic carbocycles. The molecule has 1 aliphatic heterocycles. The summed E-state index contributed by atoms with van der Waals surface area (Å²) in [6.07, 6.45) is 5.67. The molecular formula is C24H32N6O2S. The van der Waals surface area contributed by atoms with Crippen LogP contribution in [0.5, 0.6) is 0 Å². The van der Waals surface area contributed by atoms with Crippen molar-refractivity contribution in [2.45, 2.75) is 70.4 Å². The quantitative estimate of drug-likeness (QED) is 0.497. The van der Waals surface area contributed by atoms with Gasteiger partial charge in [0.15, 0.2) is 5.13 Å². The van der Waals surface area contributed by atoms with E-state index in [1.807, 2.05) is 12.1 Å². The fourth-order valence-electron chi connectivity index (χ4n) is 4.85. The number of morpholine rings is 1. The molecular weight excluding hydrogens is 436 g/mol. The second kappa shape index (κ2) is 9.89. The Hall–Kier alpha value is -2.33. The first-order chi connectivity index (χ1) is 16.0. The van der Waals surface area contributed by atoms with Crippen molar-refractivity contribution >= 4 is 38.5 Å². The van der Waals surface area contributed by atoms with Gasteiger partial charge in [0.1, 0.15) is 22.0 Å². The van der Waals surface area contributed by atoms with E-state index in [2.05, 4.69) is 51.5 Å². The number of anilines is 3. The SMILES string of the molecule is C[C@@H]1CN(Cc2cc(Nc3nc4cccnc4s3)nc(NC3CCC(O)CC3)c2)C[C@H](C)O1. The minimum Gasteiger partial charge on any atom is -0.393 e. The molecule has 8 nitrogen and oxygen atoms in total. The van der Waals surface area contributed by atoms with Crippen molar-refractivity contribution in [2.75, 3.05) is 23.7 Å². The lowest BCUT2D eigenvalue weighted by Gasteiger charge is -2.35. The maximum atomic E-state index is 9.85. The third-order valence-corrected chi connectivity index (χ3v) is 7.13. The predicted octanol–water partition coefficient (Wildman–Crippen LogP) is 4.15. The zero-order valence-electron chi connectivity index (χ0n) is 19.2. The Morgan fingerprint density at radius 1 is 1.09 bits per heavy atom. The minimum absolute atomic E-state index is 0.169. The van der Waals surface area contributed by atoms with Gasteiger partial charge in [-0.15, -0.1) is 0 Å². The average Bonchev–Trinajstić information content (AvgIpc) is 3.17. The molecule has 5 rings (SSSR count). The molecule has 176 valence electrons. The zero-order chi connectivity index (χ0) is 22.8. The molecule has 3 aromatic rings. The molecule has 2 fully saturated rings. The molecule has 1 saturated heterocycles. The van der Waals surface area contributed by atoms with Crippen molar-refractivity contribution in [3.05, 3.63) is 36.0 Å². The van der Waals surface area contributed by atoms with Crippen LogP contribution < -0.4 is 10.6 Å². The van der Waals surface area contributed by atoms with E-state index in [0.717, 1.165) is 72.4 Å². The summed E-state index contributed by atoms with van der Waals surface area (Å²) < 4.78 is 5.91. The highest BCUT2D eigenvalue weighted by Crippen LogP contribution is 2.28. The summed E-state index contributed by atoms with van der Waals surface area (Å²) in [6, 6.07) is 8.47. The molecule has 0 unspecified atom stereocenters. The highest BCUT2D eigenvalue weighted by Gasteiger charge is 2.23. The number of rotatable bonds is 6. The van der Waals surface area contributed by atoms with Crippen molar-refractivity contribution < 1.29 is 9.84 Å². The smallest absolute Gasteiger partial charge is 0.190 e. The van der Waals surface area contributed by atoms with Gasteiger partial charge in [-0.2, -0.15) is 0 Å². The van der Waals surface area contributed by atoms with E-state index in [1.54, 1.807) is 6.20 Å². The molecule has 9 heteroatoms. The molecule has 4 heterocycles. The zero-order valence-corrected chi connectivity index (χ0v) is 20.0. The lowest BCUT2D eigenvalue weighted by atomic mass is 9.93. The average molecular weight is 469 g/mol. The van der Waals surface area contributed by atoms with Crippen molar-refractivity contribution in [2.24, 2.45) is 0 Å². The molecule has 0 aromatic carbocycles. The first-order valence-corrected chi connectivity index (χ1v) is 12.6. The van der Waals surface area contributed by atoms with Crippen LogP contribution >= 0.6 is 11.3 Å². The molecule has 33 heavy (non-hydrogen) atoms. The second-order valence-corrected chi connectivity index (χ2v) is 10.3. The summed E-state index contributed by atoms with van der Waals surface area (Å²) in [5.74, 6) is 1.64. The van der Waals surface area contributed by atoms with Gasteiger partial charge in [-0.25, -0.2) is 15.0 Å². The number of nitrogens with zero attached hydrogens (tertiary/aromatic N) is 4. The van der Waals surface area contributed by atoms with Crippen LogP contribution in [-0.4, -0.2) is 62.4 Å². The topological polar surface area (TPSA) is 95.4 Å². The maximum absolute atomic E-state index is 9.85. The predicted molar refractivity (Wildman–Crippen MR) is 132 cm³/mol. The van der Waals surface area contributed by atoms with Crippen LogP contribution in [0.2, 0.25) is 0 Å². The first-order valence-electron chi connectivity index (χ1n) is 11.8. The number of fused-ring (bicyclic) bond motifs is 1. The van der Waals surface area contributed by atoms with Crippen molar-refractivity contribution in [3.8, 4) is 0 Å². The van der Waals surface area contributed by atoms with Gasteiger partial charge in [-0.3, -0.25) is 4.90 Å². The van der Waals surface area contributed by atoms with E-state index < -0.39 is 0 Å². The number of ether oxygens (including phenoxy) is 1. The van der Waals surface area contributed by atoms with E-state index in [4.69, 9.17) is 9.72 Å². The van der Waals surface area contributed by atoms with E-state index in [0.29, 0.717) is 6.04 Å². The number of thiazole rings is 1. The molecule has 0 amide bonds. The van der Waals surface area contributed by atoms with Crippen LogP contribution in [0.25, 0.3) is 10.3 Å². The highest BCUT2D eigenvalue weighted by molar-refractivity contribution is 7.21. The molecule has 0 bridgehead atoms. The Bertz CT molecular complexity index is 1040. The summed E-state index contributed by atoms with van der Waals surface area (Å²) in [6.45, 7) is 6.95. The van der Waals surface area contributed by atoms with E-state index >= 15 is 0 Å². The number of hydrogen-bond donors (Lipinski definition) is 3. The summed E-state index contributed by atoms with van der Waals surface area (Å²) in [7, 11) is 0. The number of aliphatic hydroxyl groups is 1. The Kier molecular flexibility index (Phi) is 6.73. The number of nitrogens with one attached hydrogen (secondary N) is 2. The summed E-state index contributed by atoms with van der Waals surface area (Å²) in [4.78, 5) is 17.3. The van der Waals surface area contributed by atoms with Gasteiger partial charge in [0.2, 0.25) is 0 Å². The first kappa shape index (κ1) is 22.5. The molecule has 1 saturated carbocycles. The Morgan fingerprint density at radius 2 is 1.85 bits per heavy atom. The fraction of sp³-hybridized carbons (Fsp3) is 0.542. The summed E-state index contributed by atoms with van der Waals surface area (Å²) in [5.41, 5.74) is 2.09. The van der Waals surface area contributed by atoms with Gasteiger partial charge in [0, 0.05) is 31.9 Å². The Labute approximate surface area is 198 Å². The van der Waals surface area contributed by atoms with Gasteiger partial charge in [-0.1, -0.05) is 11.3 Å². The van der Waals surface area contributed by atoms with Gasteiger partial charge in [0.25, 0.3) is 0 Å². The van der Waals surface area contributed by atoms with Crippen LogP contribution in [0.1, 0.15) is 45.1 Å². The standard InChI is InChI=1S/C24H32N6O2S/c1-15-12-30(13-16(2)32-15)14-17-10-21(26-18-5-7-19(31)8-6-18)28-22(11-17)29-24-27-20-4-3-9-25-23(20)33-24/h3-4,9-11,15-16,18-19,31H,5-8,12-14H2,1-2H3,(H2,26,27,28,29)/t15-,16+,18?,19?. The minimum atomic E-state index is -0.169. The number of pyridine rings is 2. The molecule has 3 N–H and O–H groups in total. The van der Waals surface area contributed by atoms with Crippen LogP contribution in [0.3, 0.4) is 0 Å². The normalized spacial score (nSPS) is 26.4. The lowest BCUT2D eigenvalue weighted by Crippen LogP contribution is -2.44. The van der Waals surface area contributed by atoms with Crippen LogP contribution in [0.15, 0.2) is 30.5 Å². The van der Waals surface area contributed by atoms with Crippen LogP contribution in [0, 0.1) is 0 Å². The second-order valence-electron chi connectivity index (χ2n) is 9.32. The van der Waals surface area contributed by atoms with E-state index in [9.17, 15) is 5.11 Å². The number of hydrogen-bond acceptors (Lipinski definition) is 9. The van der Waals surface area contributed by atoms with Gasteiger partial charge >= 0.3 is 0 Å². The van der Waals surface area contributed by atoms with Crippen LogP contribution in [-0.2, 0) is 11.3 Å². The third kappa shape index (κ3) is 5.78. The monoisotopic (exact) mass is 468 g/mol. The van der Waals surface area contributed by atoms with Crippen molar-refractivity contribution in [1.82, 2.24) is 19.9 Å². The fourth-order valence-corrected chi connectivity index (χ4v) is 5.66. The highest BCUT2D eigenvalue weighted by atomic mass is 32.1. The molecule has 0 spiro atoms. The van der Waals surface area contributed by atoms with E-state index in [-0.39, 0.29) is 18.3 Å². The maximum Gasteiger partial charge on any atom is 0.190 e. The summed E-state index contributed by atoms with van der Waals surface area (Å²) >= 11 is 1.53. The molecule has 0 radical (unpaired) electrons. The van der Waals surface area contributed by atoms with Gasteiger partial charge in [-0.05, 0) is 69.4 Å².